The molecule has 0 aromatic heterocycles. The van der Waals surface area contributed by atoms with E-state index in [2.05, 4.69) is 5.73 Å². The summed E-state index contributed by atoms with van der Waals surface area (Å²) in [6.45, 7) is 0. The molecule has 0 spiro atoms. The Morgan fingerprint density at radius 2 is 1.78 bits per heavy atom. The minimum absolute atomic E-state index is 0.0161. The van der Waals surface area contributed by atoms with Crippen LogP contribution < -0.4 is 0 Å². The van der Waals surface area contributed by atoms with Gasteiger partial charge in [-0.1, -0.05) is 12.2 Å². The van der Waals surface area contributed by atoms with Crippen molar-refractivity contribution in [3.8, 4) is 30.3 Å². The second-order valence-corrected chi connectivity index (χ2v) is 4.29. The average Bonchev–Trinajstić information content (AvgIpc) is 3.20. The fraction of sp³-hybridized carbons (Fsp3) is 0.0588. The molecule has 0 radical (unpaired) electrons. The second kappa shape index (κ2) is 6.01. The molecule has 0 amide bonds. The van der Waals surface area contributed by atoms with E-state index in [9.17, 15) is 15.8 Å². The number of nitrogens with zero attached hydrogens (tertiary/aromatic N) is 5. The lowest BCUT2D eigenvalue weighted by atomic mass is 9.93. The quantitative estimate of drug-likeness (QED) is 0.566. The minimum atomic E-state index is -2.08. The van der Waals surface area contributed by atoms with Gasteiger partial charge in [0.15, 0.2) is 11.3 Å². The molecular weight excluding hydrogens is 290 g/mol. The summed E-state index contributed by atoms with van der Waals surface area (Å²) in [5.74, 6) is -0.355. The first kappa shape index (κ1) is 15.1. The first-order valence-electron chi connectivity index (χ1n) is 6.18. The van der Waals surface area contributed by atoms with Crippen LogP contribution >= 0.6 is 0 Å². The lowest BCUT2D eigenvalue weighted by molar-refractivity contribution is 0.161. The van der Waals surface area contributed by atoms with E-state index in [0.29, 0.717) is 5.57 Å². The van der Waals surface area contributed by atoms with E-state index < -0.39 is 11.2 Å². The lowest BCUT2D eigenvalue weighted by Crippen LogP contribution is -2.26. The molecule has 6 nitrogen and oxygen atoms in total. The highest BCUT2D eigenvalue weighted by atomic mass is 16.5. The predicted molar refractivity (Wildman–Crippen MR) is 75.8 cm³/mol. The van der Waals surface area contributed by atoms with Gasteiger partial charge in [0.25, 0.3) is 0 Å². The molecule has 23 heavy (non-hydrogen) atoms. The highest BCUT2D eigenvalue weighted by Gasteiger charge is 2.47. The van der Waals surface area contributed by atoms with Gasteiger partial charge in [-0.2, -0.15) is 26.3 Å². The molecule has 0 bridgehead atoms. The van der Waals surface area contributed by atoms with Crippen molar-refractivity contribution in [2.24, 2.45) is 0 Å². The number of hydrogen-bond acceptors (Lipinski definition) is 6. The van der Waals surface area contributed by atoms with Crippen LogP contribution in [0.5, 0.6) is 0 Å². The van der Waals surface area contributed by atoms with E-state index >= 15 is 0 Å². The van der Waals surface area contributed by atoms with Crippen molar-refractivity contribution in [1.29, 1.82) is 26.3 Å². The van der Waals surface area contributed by atoms with Gasteiger partial charge in [-0.25, -0.2) is 0 Å². The Morgan fingerprint density at radius 3 is 2.26 bits per heavy atom. The van der Waals surface area contributed by atoms with Crippen molar-refractivity contribution < 1.29 is 4.74 Å². The van der Waals surface area contributed by atoms with Crippen molar-refractivity contribution in [2.45, 2.75) is 5.60 Å². The Hall–Kier alpha value is -4.27. The van der Waals surface area contributed by atoms with Crippen LogP contribution in [0.25, 0.3) is 0 Å². The normalized spacial score (nSPS) is 16.8. The Bertz CT molecular complexity index is 948. The minimum Gasteiger partial charge on any atom is -0.451 e. The zero-order valence-electron chi connectivity index (χ0n) is 11.5. The zero-order chi connectivity index (χ0) is 16.9. The second-order valence-electron chi connectivity index (χ2n) is 4.29. The molecule has 2 aliphatic rings. The fourth-order valence-electron chi connectivity index (χ4n) is 1.98. The van der Waals surface area contributed by atoms with E-state index in [1.807, 2.05) is 0 Å². The Kier molecular flexibility index (Phi) is 3.95. The Balaban J connectivity index is 2.72. The third-order valence-electron chi connectivity index (χ3n) is 3.06. The average molecular weight is 295 g/mol. The Morgan fingerprint density at radius 1 is 1.09 bits per heavy atom. The van der Waals surface area contributed by atoms with Crippen LogP contribution in [0.15, 0.2) is 64.2 Å². The first-order chi connectivity index (χ1) is 11.2. The maximum absolute atomic E-state index is 9.33. The number of nitriles is 5. The number of allylic oxidation sites excluding steroid dienone is 6. The summed E-state index contributed by atoms with van der Waals surface area (Å²) in [6, 6.07) is 8.38. The van der Waals surface area contributed by atoms with Crippen molar-refractivity contribution >= 4 is 0 Å². The zero-order valence-corrected chi connectivity index (χ0v) is 11.5. The third-order valence-corrected chi connectivity index (χ3v) is 3.06. The SMILES string of the molecule is N#CC(C#N)=C1OC(C#N)(C#N)C(/C=C/C2=C=CC=C2)=C1C#N. The molecule has 2 rings (SSSR count). The standard InChI is InChI=1S/C17H5N5O/c18-7-13(8-19)16-14(9-20)15(17(10-21,11-22)23-16)6-5-12-3-1-2-4-12/h1-3,5-6H/b6-5+. The van der Waals surface area contributed by atoms with Crippen molar-refractivity contribution in [3.63, 3.8) is 0 Å². The van der Waals surface area contributed by atoms with Gasteiger partial charge in [-0.15, -0.1) is 5.73 Å². The van der Waals surface area contributed by atoms with Crippen LogP contribution in [0.1, 0.15) is 0 Å². The van der Waals surface area contributed by atoms with Gasteiger partial charge in [-0.05, 0) is 18.2 Å². The van der Waals surface area contributed by atoms with Crippen LogP contribution in [0.4, 0.5) is 0 Å². The van der Waals surface area contributed by atoms with Gasteiger partial charge < -0.3 is 4.74 Å². The summed E-state index contributed by atoms with van der Waals surface area (Å²) in [7, 11) is 0. The largest absolute Gasteiger partial charge is 0.451 e. The predicted octanol–water partition coefficient (Wildman–Crippen LogP) is 2.13. The summed E-state index contributed by atoms with van der Waals surface area (Å²) in [6.07, 6.45) is 8.12. The van der Waals surface area contributed by atoms with Gasteiger partial charge in [-0.3, -0.25) is 0 Å². The molecular formula is C17H5N5O. The van der Waals surface area contributed by atoms with Crippen LogP contribution in [0.2, 0.25) is 0 Å². The molecule has 0 aromatic rings. The highest BCUT2D eigenvalue weighted by Crippen LogP contribution is 2.40. The van der Waals surface area contributed by atoms with E-state index in [1.54, 1.807) is 54.7 Å². The number of hydrogen-bond donors (Lipinski definition) is 0. The maximum Gasteiger partial charge on any atom is 0.307 e. The molecule has 104 valence electrons. The summed E-state index contributed by atoms with van der Waals surface area (Å²) in [5.41, 5.74) is 0.821. The van der Waals surface area contributed by atoms with Gasteiger partial charge in [0.2, 0.25) is 0 Å². The molecule has 0 saturated heterocycles. The summed E-state index contributed by atoms with van der Waals surface area (Å²) >= 11 is 0. The summed E-state index contributed by atoms with van der Waals surface area (Å²) < 4.78 is 5.23. The molecule has 0 atom stereocenters. The third kappa shape index (κ3) is 2.40. The number of rotatable bonds is 2. The van der Waals surface area contributed by atoms with Gasteiger partial charge in [0.05, 0.1) is 0 Å². The van der Waals surface area contributed by atoms with Crippen LogP contribution in [-0.2, 0) is 4.74 Å². The fourth-order valence-corrected chi connectivity index (χ4v) is 1.98. The van der Waals surface area contributed by atoms with Gasteiger partial charge in [0.1, 0.15) is 35.9 Å². The lowest BCUT2D eigenvalue weighted by Gasteiger charge is -2.13. The molecule has 1 heterocycles. The molecule has 0 saturated carbocycles. The molecule has 0 fully saturated rings. The molecule has 6 heteroatoms. The van der Waals surface area contributed by atoms with E-state index in [0.717, 1.165) is 0 Å². The van der Waals surface area contributed by atoms with Gasteiger partial charge in [0, 0.05) is 11.1 Å². The van der Waals surface area contributed by atoms with E-state index in [1.165, 1.54) is 6.08 Å². The highest BCUT2D eigenvalue weighted by molar-refractivity contribution is 5.65. The molecule has 1 aliphatic heterocycles. The monoisotopic (exact) mass is 295 g/mol. The van der Waals surface area contributed by atoms with Crippen molar-refractivity contribution in [1.82, 2.24) is 0 Å². The topological polar surface area (TPSA) is 128 Å². The molecule has 0 N–H and O–H groups in total. The van der Waals surface area contributed by atoms with Crippen molar-refractivity contribution in [3.05, 3.63) is 64.2 Å². The van der Waals surface area contributed by atoms with E-state index in [4.69, 9.17) is 15.3 Å². The summed E-state index contributed by atoms with van der Waals surface area (Å²) in [4.78, 5) is 0. The van der Waals surface area contributed by atoms with Crippen LogP contribution in [0.3, 0.4) is 0 Å². The smallest absolute Gasteiger partial charge is 0.307 e. The Labute approximate surface area is 132 Å². The molecule has 0 unspecified atom stereocenters. The first-order valence-corrected chi connectivity index (χ1v) is 6.18. The summed E-state index contributed by atoms with van der Waals surface area (Å²) in [5, 5.41) is 45.9. The van der Waals surface area contributed by atoms with E-state index in [-0.39, 0.29) is 16.9 Å². The van der Waals surface area contributed by atoms with Crippen molar-refractivity contribution in [2.75, 3.05) is 0 Å². The molecule has 0 aromatic carbocycles. The maximum atomic E-state index is 9.33. The number of ether oxygens (including phenoxy) is 1. The van der Waals surface area contributed by atoms with Crippen LogP contribution in [0, 0.1) is 56.7 Å². The molecule has 1 aliphatic carbocycles. The van der Waals surface area contributed by atoms with Crippen LogP contribution in [-0.4, -0.2) is 5.60 Å². The van der Waals surface area contributed by atoms with Gasteiger partial charge >= 0.3 is 5.60 Å².